The number of cyclic esters (lactones) is 1. The van der Waals surface area contributed by atoms with E-state index in [0.29, 0.717) is 10.6 Å². The van der Waals surface area contributed by atoms with E-state index in [-0.39, 0.29) is 12.1 Å². The first-order valence-corrected chi connectivity index (χ1v) is 5.70. The largest absolute Gasteiger partial charge is 0.459 e. The molecule has 1 heterocycles. The van der Waals surface area contributed by atoms with Crippen molar-refractivity contribution in [3.05, 3.63) is 40.4 Å². The van der Waals surface area contributed by atoms with Gasteiger partial charge in [0.1, 0.15) is 0 Å². The number of carbonyl (C=O) groups excluding carboxylic acids is 1. The third-order valence-corrected chi connectivity index (χ3v) is 2.97. The molecule has 1 aliphatic rings. The van der Waals surface area contributed by atoms with Gasteiger partial charge in [-0.1, -0.05) is 29.8 Å². The molecule has 1 aromatic rings. The second-order valence-electron chi connectivity index (χ2n) is 3.95. The molecule has 1 fully saturated rings. The van der Waals surface area contributed by atoms with E-state index in [1.807, 2.05) is 37.3 Å². The molecule has 1 aliphatic heterocycles. The van der Waals surface area contributed by atoms with Crippen molar-refractivity contribution in [1.29, 1.82) is 0 Å². The van der Waals surface area contributed by atoms with Crippen LogP contribution in [0.3, 0.4) is 0 Å². The summed E-state index contributed by atoms with van der Waals surface area (Å²) in [4.78, 5) is 11.6. The summed E-state index contributed by atoms with van der Waals surface area (Å²) >= 11 is 6.02. The predicted molar refractivity (Wildman–Crippen MR) is 64.2 cm³/mol. The zero-order valence-corrected chi connectivity index (χ0v) is 9.83. The molecule has 1 aromatic carbocycles. The average molecular weight is 237 g/mol. The number of halogens is 1. The van der Waals surface area contributed by atoms with Crippen molar-refractivity contribution in [3.63, 3.8) is 0 Å². The Morgan fingerprint density at radius 1 is 1.44 bits per heavy atom. The number of rotatable bonds is 1. The van der Waals surface area contributed by atoms with Crippen molar-refractivity contribution < 1.29 is 9.53 Å². The summed E-state index contributed by atoms with van der Waals surface area (Å²) < 4.78 is 5.16. The van der Waals surface area contributed by atoms with Gasteiger partial charge >= 0.3 is 5.97 Å². The Morgan fingerprint density at radius 2 is 2.19 bits per heavy atom. The van der Waals surface area contributed by atoms with E-state index in [1.54, 1.807) is 0 Å². The zero-order valence-electron chi connectivity index (χ0n) is 9.07. The lowest BCUT2D eigenvalue weighted by Gasteiger charge is -2.20. The standard InChI is InChI=1S/C13H13ClO2/c1-9-6-7-11(13(15)16-9)8-10-4-2-3-5-12(10)14/h2-5,8-9H,6-7H2,1H3/b11-8+. The molecule has 0 radical (unpaired) electrons. The van der Waals surface area contributed by atoms with Crippen LogP contribution in [-0.2, 0) is 9.53 Å². The van der Waals surface area contributed by atoms with E-state index in [1.165, 1.54) is 0 Å². The van der Waals surface area contributed by atoms with Crippen LogP contribution in [0.4, 0.5) is 0 Å². The Bertz CT molecular complexity index is 437. The van der Waals surface area contributed by atoms with E-state index in [0.717, 1.165) is 18.4 Å². The van der Waals surface area contributed by atoms with Crippen molar-refractivity contribution in [1.82, 2.24) is 0 Å². The van der Waals surface area contributed by atoms with Crippen LogP contribution in [0.15, 0.2) is 29.8 Å². The van der Waals surface area contributed by atoms with Crippen molar-refractivity contribution in [2.24, 2.45) is 0 Å². The fourth-order valence-corrected chi connectivity index (χ4v) is 1.88. The maximum Gasteiger partial charge on any atom is 0.334 e. The van der Waals surface area contributed by atoms with Crippen LogP contribution in [0, 0.1) is 0 Å². The summed E-state index contributed by atoms with van der Waals surface area (Å²) in [5.41, 5.74) is 1.57. The van der Waals surface area contributed by atoms with Gasteiger partial charge < -0.3 is 4.74 Å². The summed E-state index contributed by atoms with van der Waals surface area (Å²) in [6, 6.07) is 7.46. The number of benzene rings is 1. The van der Waals surface area contributed by atoms with E-state index in [4.69, 9.17) is 16.3 Å². The highest BCUT2D eigenvalue weighted by molar-refractivity contribution is 6.32. The molecule has 1 atom stereocenters. The minimum absolute atomic E-state index is 0.0240. The number of esters is 1. The maximum atomic E-state index is 11.6. The fraction of sp³-hybridized carbons (Fsp3) is 0.308. The molecule has 2 nitrogen and oxygen atoms in total. The topological polar surface area (TPSA) is 26.3 Å². The molecule has 0 saturated carbocycles. The van der Waals surface area contributed by atoms with Gasteiger partial charge in [0.2, 0.25) is 0 Å². The number of hydrogen-bond acceptors (Lipinski definition) is 2. The van der Waals surface area contributed by atoms with Gasteiger partial charge in [0, 0.05) is 10.6 Å². The van der Waals surface area contributed by atoms with Gasteiger partial charge in [0.25, 0.3) is 0 Å². The van der Waals surface area contributed by atoms with Crippen molar-refractivity contribution in [2.45, 2.75) is 25.9 Å². The Kier molecular flexibility index (Phi) is 3.30. The maximum absolute atomic E-state index is 11.6. The Morgan fingerprint density at radius 3 is 2.88 bits per heavy atom. The minimum atomic E-state index is -0.223. The van der Waals surface area contributed by atoms with Crippen LogP contribution >= 0.6 is 11.6 Å². The smallest absolute Gasteiger partial charge is 0.334 e. The highest BCUT2D eigenvalue weighted by Gasteiger charge is 2.21. The Hall–Kier alpha value is -1.28. The van der Waals surface area contributed by atoms with E-state index in [2.05, 4.69) is 0 Å². The van der Waals surface area contributed by atoms with Gasteiger partial charge in [-0.3, -0.25) is 0 Å². The molecule has 3 heteroatoms. The molecule has 0 aliphatic carbocycles. The highest BCUT2D eigenvalue weighted by Crippen LogP contribution is 2.24. The van der Waals surface area contributed by atoms with Crippen LogP contribution in [-0.4, -0.2) is 12.1 Å². The number of ether oxygens (including phenoxy) is 1. The molecule has 0 aromatic heterocycles. The van der Waals surface area contributed by atoms with Gasteiger partial charge in [0.15, 0.2) is 0 Å². The molecule has 1 unspecified atom stereocenters. The highest BCUT2D eigenvalue weighted by atomic mass is 35.5. The molecule has 16 heavy (non-hydrogen) atoms. The third-order valence-electron chi connectivity index (χ3n) is 2.63. The first-order valence-electron chi connectivity index (χ1n) is 5.33. The molecule has 2 rings (SSSR count). The molecule has 0 amide bonds. The van der Waals surface area contributed by atoms with Crippen LogP contribution in [0.5, 0.6) is 0 Å². The van der Waals surface area contributed by atoms with Crippen LogP contribution < -0.4 is 0 Å². The summed E-state index contributed by atoms with van der Waals surface area (Å²) in [6.45, 7) is 1.91. The van der Waals surface area contributed by atoms with Crippen LogP contribution in [0.25, 0.3) is 6.08 Å². The lowest BCUT2D eigenvalue weighted by atomic mass is 10.0. The van der Waals surface area contributed by atoms with Crippen molar-refractivity contribution >= 4 is 23.6 Å². The lowest BCUT2D eigenvalue weighted by molar-refractivity contribution is -0.146. The molecule has 84 valence electrons. The second-order valence-corrected chi connectivity index (χ2v) is 4.35. The first-order chi connectivity index (χ1) is 7.66. The number of carbonyl (C=O) groups is 1. The fourth-order valence-electron chi connectivity index (χ4n) is 1.69. The monoisotopic (exact) mass is 236 g/mol. The molecule has 0 N–H and O–H groups in total. The summed E-state index contributed by atoms with van der Waals surface area (Å²) in [5.74, 6) is -0.223. The predicted octanol–water partition coefficient (Wildman–Crippen LogP) is 3.45. The second kappa shape index (κ2) is 4.71. The third kappa shape index (κ3) is 2.45. The van der Waals surface area contributed by atoms with Gasteiger partial charge in [-0.25, -0.2) is 4.79 Å². The average Bonchev–Trinajstić information content (AvgIpc) is 2.25. The van der Waals surface area contributed by atoms with E-state index >= 15 is 0 Å². The molecular weight excluding hydrogens is 224 g/mol. The Balaban J connectivity index is 2.25. The summed E-state index contributed by atoms with van der Waals surface area (Å²) in [6.07, 6.45) is 3.47. The van der Waals surface area contributed by atoms with Gasteiger partial charge in [-0.15, -0.1) is 0 Å². The molecule has 1 saturated heterocycles. The van der Waals surface area contributed by atoms with Crippen LogP contribution in [0.1, 0.15) is 25.3 Å². The minimum Gasteiger partial charge on any atom is -0.459 e. The van der Waals surface area contributed by atoms with E-state index in [9.17, 15) is 4.79 Å². The van der Waals surface area contributed by atoms with Gasteiger partial charge in [0.05, 0.1) is 6.10 Å². The quantitative estimate of drug-likeness (QED) is 0.552. The normalized spacial score (nSPS) is 23.2. The van der Waals surface area contributed by atoms with Crippen molar-refractivity contribution in [2.75, 3.05) is 0 Å². The lowest BCUT2D eigenvalue weighted by Crippen LogP contribution is -2.22. The van der Waals surface area contributed by atoms with E-state index < -0.39 is 0 Å². The van der Waals surface area contributed by atoms with Gasteiger partial charge in [-0.05, 0) is 37.5 Å². The first kappa shape index (κ1) is 11.2. The Labute approximate surface area is 99.9 Å². The SMILES string of the molecule is CC1CC/C(=C\c2ccccc2Cl)C(=O)O1. The summed E-state index contributed by atoms with van der Waals surface area (Å²) in [5, 5.41) is 0.654. The van der Waals surface area contributed by atoms with Gasteiger partial charge in [-0.2, -0.15) is 0 Å². The summed E-state index contributed by atoms with van der Waals surface area (Å²) in [7, 11) is 0. The zero-order chi connectivity index (χ0) is 11.5. The molecule has 0 bridgehead atoms. The van der Waals surface area contributed by atoms with Crippen LogP contribution in [0.2, 0.25) is 5.02 Å². The van der Waals surface area contributed by atoms with Crippen molar-refractivity contribution in [3.8, 4) is 0 Å². The molecule has 0 spiro atoms. The molecular formula is C13H13ClO2. The number of hydrogen-bond donors (Lipinski definition) is 0.